The normalized spacial score (nSPS) is 10.3. The molecule has 2 N–H and O–H groups in total. The van der Waals surface area contributed by atoms with Crippen LogP contribution in [0, 0.1) is 22.9 Å². The minimum absolute atomic E-state index is 0.472. The van der Waals surface area contributed by atoms with Crippen LogP contribution in [0.25, 0.3) is 0 Å². The van der Waals surface area contributed by atoms with Gasteiger partial charge in [0.15, 0.2) is 0 Å². The summed E-state index contributed by atoms with van der Waals surface area (Å²) in [5.74, 6) is -0.853. The molecule has 0 aliphatic heterocycles. The van der Waals surface area contributed by atoms with Crippen LogP contribution < -0.4 is 5.32 Å². The van der Waals surface area contributed by atoms with Crippen molar-refractivity contribution in [2.45, 2.75) is 13.5 Å². The first kappa shape index (κ1) is 12.0. The summed E-state index contributed by atoms with van der Waals surface area (Å²) in [6.45, 7) is 2.35. The molecule has 0 radical (unpaired) electrons. The number of hydrogen-bond donors (Lipinski definition) is 2. The molecule has 0 bridgehead atoms. The molecule has 94 valence electrons. The Kier molecular flexibility index (Phi) is 3.22. The fraction of sp³-hybridized carbons (Fsp3) is 0.182. The highest BCUT2D eigenvalue weighted by Gasteiger charge is 2.13. The molecular weight excluding hydrogens is 239 g/mol. The van der Waals surface area contributed by atoms with Crippen LogP contribution in [-0.2, 0) is 6.54 Å². The quantitative estimate of drug-likeness (QED) is 0.644. The van der Waals surface area contributed by atoms with E-state index in [2.05, 4.69) is 15.5 Å². The molecule has 1 aromatic heterocycles. The third kappa shape index (κ3) is 2.45. The fourth-order valence-corrected chi connectivity index (χ4v) is 1.52. The van der Waals surface area contributed by atoms with Crippen LogP contribution in [0.3, 0.4) is 0 Å². The predicted octanol–water partition coefficient (Wildman–Crippen LogP) is 2.38. The number of nitro groups is 1. The monoisotopic (exact) mass is 250 g/mol. The molecule has 0 aliphatic rings. The number of nitro benzene ring substituents is 1. The van der Waals surface area contributed by atoms with Crippen molar-refractivity contribution in [2.24, 2.45) is 0 Å². The third-order valence-electron chi connectivity index (χ3n) is 2.56. The van der Waals surface area contributed by atoms with Gasteiger partial charge in [-0.25, -0.2) is 0 Å². The van der Waals surface area contributed by atoms with E-state index in [-0.39, 0.29) is 0 Å². The SMILES string of the molecule is Cc1[nH]ncc1CNc1ccc([N+](=O)[O-])c(F)c1. The summed E-state index contributed by atoms with van der Waals surface area (Å²) in [5, 5.41) is 20.1. The Morgan fingerprint density at radius 1 is 1.56 bits per heavy atom. The zero-order valence-electron chi connectivity index (χ0n) is 9.61. The average molecular weight is 250 g/mol. The molecule has 0 aliphatic carbocycles. The number of benzene rings is 1. The maximum atomic E-state index is 13.3. The summed E-state index contributed by atoms with van der Waals surface area (Å²) in [6, 6.07) is 3.71. The van der Waals surface area contributed by atoms with Crippen LogP contribution in [0.5, 0.6) is 0 Å². The Balaban J connectivity index is 2.09. The van der Waals surface area contributed by atoms with Gasteiger partial charge in [-0.15, -0.1) is 0 Å². The summed E-state index contributed by atoms with van der Waals surface area (Å²) in [5.41, 5.74) is 1.83. The van der Waals surface area contributed by atoms with Crippen LogP contribution in [0.1, 0.15) is 11.3 Å². The Bertz CT molecular complexity index is 582. The second-order valence-electron chi connectivity index (χ2n) is 3.80. The van der Waals surface area contributed by atoms with E-state index < -0.39 is 16.4 Å². The van der Waals surface area contributed by atoms with E-state index in [9.17, 15) is 14.5 Å². The zero-order chi connectivity index (χ0) is 13.1. The van der Waals surface area contributed by atoms with Crippen LogP contribution in [-0.4, -0.2) is 15.1 Å². The van der Waals surface area contributed by atoms with E-state index >= 15 is 0 Å². The minimum Gasteiger partial charge on any atom is -0.381 e. The summed E-state index contributed by atoms with van der Waals surface area (Å²) < 4.78 is 13.3. The van der Waals surface area contributed by atoms with Gasteiger partial charge in [-0.2, -0.15) is 9.49 Å². The number of hydrogen-bond acceptors (Lipinski definition) is 4. The molecule has 18 heavy (non-hydrogen) atoms. The number of anilines is 1. The van der Waals surface area contributed by atoms with E-state index in [0.717, 1.165) is 23.4 Å². The van der Waals surface area contributed by atoms with Gasteiger partial charge in [0.2, 0.25) is 5.82 Å². The van der Waals surface area contributed by atoms with Gasteiger partial charge < -0.3 is 5.32 Å². The van der Waals surface area contributed by atoms with E-state index in [0.29, 0.717) is 12.2 Å². The van der Waals surface area contributed by atoms with E-state index in [1.165, 1.54) is 6.07 Å². The maximum Gasteiger partial charge on any atom is 0.304 e. The van der Waals surface area contributed by atoms with Crippen molar-refractivity contribution >= 4 is 11.4 Å². The lowest BCUT2D eigenvalue weighted by molar-refractivity contribution is -0.387. The number of aromatic amines is 1. The lowest BCUT2D eigenvalue weighted by atomic mass is 10.2. The van der Waals surface area contributed by atoms with Crippen molar-refractivity contribution < 1.29 is 9.31 Å². The van der Waals surface area contributed by atoms with E-state index in [1.54, 1.807) is 6.20 Å². The molecule has 1 aromatic carbocycles. The summed E-state index contributed by atoms with van der Waals surface area (Å²) >= 11 is 0. The molecule has 0 saturated carbocycles. The Labute approximate surface area is 102 Å². The number of nitrogens with zero attached hydrogens (tertiary/aromatic N) is 2. The van der Waals surface area contributed by atoms with Gasteiger partial charge in [-0.1, -0.05) is 0 Å². The van der Waals surface area contributed by atoms with Gasteiger partial charge in [0.05, 0.1) is 11.1 Å². The van der Waals surface area contributed by atoms with Gasteiger partial charge in [0.1, 0.15) is 0 Å². The third-order valence-corrected chi connectivity index (χ3v) is 2.56. The van der Waals surface area contributed by atoms with Crippen LogP contribution in [0.2, 0.25) is 0 Å². The first-order valence-electron chi connectivity index (χ1n) is 5.24. The van der Waals surface area contributed by atoms with Crippen molar-refractivity contribution in [1.29, 1.82) is 0 Å². The lowest BCUT2D eigenvalue weighted by Crippen LogP contribution is -2.01. The zero-order valence-corrected chi connectivity index (χ0v) is 9.61. The minimum atomic E-state index is -0.853. The highest BCUT2D eigenvalue weighted by atomic mass is 19.1. The van der Waals surface area contributed by atoms with Crippen molar-refractivity contribution in [3.8, 4) is 0 Å². The molecule has 0 spiro atoms. The molecule has 2 rings (SSSR count). The van der Waals surface area contributed by atoms with Gasteiger partial charge >= 0.3 is 5.69 Å². The second kappa shape index (κ2) is 4.82. The number of rotatable bonds is 4. The number of aryl methyl sites for hydroxylation is 1. The Morgan fingerprint density at radius 2 is 2.33 bits per heavy atom. The molecular formula is C11H11FN4O2. The molecule has 0 fully saturated rings. The number of H-pyrrole nitrogens is 1. The predicted molar refractivity (Wildman–Crippen MR) is 63.7 cm³/mol. The first-order valence-corrected chi connectivity index (χ1v) is 5.24. The second-order valence-corrected chi connectivity index (χ2v) is 3.80. The Hall–Kier alpha value is -2.44. The molecule has 0 amide bonds. The van der Waals surface area contributed by atoms with E-state index in [1.807, 2.05) is 6.92 Å². The van der Waals surface area contributed by atoms with Crippen molar-refractivity contribution in [1.82, 2.24) is 10.2 Å². The molecule has 0 unspecified atom stereocenters. The summed E-state index contributed by atoms with van der Waals surface area (Å²) in [6.07, 6.45) is 1.67. The topological polar surface area (TPSA) is 83.8 Å². The fourth-order valence-electron chi connectivity index (χ4n) is 1.52. The van der Waals surface area contributed by atoms with Gasteiger partial charge in [-0.05, 0) is 13.0 Å². The highest BCUT2D eigenvalue weighted by molar-refractivity contribution is 5.49. The molecule has 6 nitrogen and oxygen atoms in total. The first-order chi connectivity index (χ1) is 8.58. The van der Waals surface area contributed by atoms with Crippen LogP contribution in [0.4, 0.5) is 15.8 Å². The Morgan fingerprint density at radius 3 is 2.89 bits per heavy atom. The average Bonchev–Trinajstić information content (AvgIpc) is 2.72. The van der Waals surface area contributed by atoms with Crippen molar-refractivity contribution in [2.75, 3.05) is 5.32 Å². The van der Waals surface area contributed by atoms with Gasteiger partial charge in [-0.3, -0.25) is 15.2 Å². The standard InChI is InChI=1S/C11H11FN4O2/c1-7-8(6-14-15-7)5-13-9-2-3-11(16(17)18)10(12)4-9/h2-4,6,13H,5H2,1H3,(H,14,15). The number of halogens is 1. The molecule has 1 heterocycles. The molecule has 7 heteroatoms. The molecule has 0 atom stereocenters. The van der Waals surface area contributed by atoms with Crippen LogP contribution >= 0.6 is 0 Å². The van der Waals surface area contributed by atoms with Crippen LogP contribution in [0.15, 0.2) is 24.4 Å². The number of nitrogens with one attached hydrogen (secondary N) is 2. The van der Waals surface area contributed by atoms with Crippen molar-refractivity contribution in [3.05, 3.63) is 51.6 Å². The highest BCUT2D eigenvalue weighted by Crippen LogP contribution is 2.21. The summed E-state index contributed by atoms with van der Waals surface area (Å²) in [4.78, 5) is 9.70. The smallest absolute Gasteiger partial charge is 0.304 e. The largest absolute Gasteiger partial charge is 0.381 e. The summed E-state index contributed by atoms with van der Waals surface area (Å²) in [7, 11) is 0. The van der Waals surface area contributed by atoms with E-state index in [4.69, 9.17) is 0 Å². The van der Waals surface area contributed by atoms with Crippen molar-refractivity contribution in [3.63, 3.8) is 0 Å². The number of aromatic nitrogens is 2. The van der Waals surface area contributed by atoms with Gasteiger partial charge in [0, 0.05) is 35.6 Å². The molecule has 0 saturated heterocycles. The van der Waals surface area contributed by atoms with Gasteiger partial charge in [0.25, 0.3) is 0 Å². The lowest BCUT2D eigenvalue weighted by Gasteiger charge is -2.05. The molecule has 2 aromatic rings. The maximum absolute atomic E-state index is 13.3.